The minimum atomic E-state index is -0.364. The van der Waals surface area contributed by atoms with E-state index in [2.05, 4.69) is 5.48 Å². The van der Waals surface area contributed by atoms with E-state index in [0.29, 0.717) is 28.4 Å². The SMILES string of the molecule is CC(C)CONC(=O)c1cc(Cl)c(Cl)n1C. The van der Waals surface area contributed by atoms with Gasteiger partial charge < -0.3 is 4.57 Å². The van der Waals surface area contributed by atoms with E-state index in [-0.39, 0.29) is 5.91 Å². The molecule has 0 fully saturated rings. The molecule has 0 spiro atoms. The molecule has 16 heavy (non-hydrogen) atoms. The summed E-state index contributed by atoms with van der Waals surface area (Å²) < 4.78 is 1.50. The van der Waals surface area contributed by atoms with Crippen LogP contribution in [0.1, 0.15) is 24.3 Å². The van der Waals surface area contributed by atoms with Crippen molar-refractivity contribution < 1.29 is 9.63 Å². The number of amides is 1. The first-order chi connectivity index (χ1) is 7.43. The highest BCUT2D eigenvalue weighted by atomic mass is 35.5. The first-order valence-electron chi connectivity index (χ1n) is 4.86. The quantitative estimate of drug-likeness (QED) is 0.850. The number of rotatable bonds is 4. The number of nitrogens with one attached hydrogen (secondary N) is 1. The molecule has 90 valence electrons. The van der Waals surface area contributed by atoms with E-state index in [1.54, 1.807) is 7.05 Å². The van der Waals surface area contributed by atoms with Crippen molar-refractivity contribution in [2.45, 2.75) is 13.8 Å². The number of carbonyl (C=O) groups is 1. The highest BCUT2D eigenvalue weighted by Gasteiger charge is 2.15. The van der Waals surface area contributed by atoms with Gasteiger partial charge in [0.15, 0.2) is 0 Å². The van der Waals surface area contributed by atoms with Crippen LogP contribution >= 0.6 is 23.2 Å². The van der Waals surface area contributed by atoms with E-state index in [0.717, 1.165) is 0 Å². The Labute approximate surface area is 104 Å². The van der Waals surface area contributed by atoms with Crippen LogP contribution in [-0.4, -0.2) is 17.1 Å². The van der Waals surface area contributed by atoms with Crippen LogP contribution in [0.5, 0.6) is 0 Å². The van der Waals surface area contributed by atoms with Crippen LogP contribution in [-0.2, 0) is 11.9 Å². The molecule has 0 aliphatic rings. The lowest BCUT2D eigenvalue weighted by Gasteiger charge is -2.08. The molecule has 0 radical (unpaired) electrons. The van der Waals surface area contributed by atoms with Gasteiger partial charge in [-0.2, -0.15) is 0 Å². The maximum absolute atomic E-state index is 11.6. The summed E-state index contributed by atoms with van der Waals surface area (Å²) in [6.07, 6.45) is 0. The Kier molecular flexibility index (Phi) is 4.65. The van der Waals surface area contributed by atoms with Crippen LogP contribution < -0.4 is 5.48 Å². The minimum Gasteiger partial charge on any atom is -0.329 e. The molecule has 0 unspecified atom stereocenters. The largest absolute Gasteiger partial charge is 0.329 e. The van der Waals surface area contributed by atoms with Crippen molar-refractivity contribution in [1.29, 1.82) is 0 Å². The minimum absolute atomic E-state index is 0.329. The zero-order valence-corrected chi connectivity index (χ0v) is 10.9. The van der Waals surface area contributed by atoms with E-state index in [4.69, 9.17) is 28.0 Å². The van der Waals surface area contributed by atoms with Crippen LogP contribution in [0, 0.1) is 5.92 Å². The fraction of sp³-hybridized carbons (Fsp3) is 0.500. The van der Waals surface area contributed by atoms with E-state index in [1.165, 1.54) is 10.6 Å². The average Bonchev–Trinajstić information content (AvgIpc) is 2.45. The number of nitrogens with zero attached hydrogens (tertiary/aromatic N) is 1. The Bertz CT molecular complexity index is 388. The number of carbonyl (C=O) groups excluding carboxylic acids is 1. The molecule has 1 heterocycles. The molecule has 1 aromatic rings. The van der Waals surface area contributed by atoms with Gasteiger partial charge >= 0.3 is 0 Å². The average molecular weight is 265 g/mol. The summed E-state index contributed by atoms with van der Waals surface area (Å²) in [5.74, 6) is -0.0159. The standard InChI is InChI=1S/C10H14Cl2N2O2/c1-6(2)5-16-13-10(15)8-4-7(11)9(12)14(8)3/h4,6H,5H2,1-3H3,(H,13,15). The summed E-state index contributed by atoms with van der Waals surface area (Å²) >= 11 is 11.6. The van der Waals surface area contributed by atoms with E-state index in [9.17, 15) is 4.79 Å². The van der Waals surface area contributed by atoms with Crippen molar-refractivity contribution in [2.75, 3.05) is 6.61 Å². The van der Waals surface area contributed by atoms with Gasteiger partial charge in [-0.15, -0.1) is 0 Å². The van der Waals surface area contributed by atoms with Crippen molar-refractivity contribution in [3.8, 4) is 0 Å². The van der Waals surface area contributed by atoms with E-state index in [1.807, 2.05) is 13.8 Å². The Hall–Kier alpha value is -0.710. The normalized spacial score (nSPS) is 10.9. The van der Waals surface area contributed by atoms with Gasteiger partial charge in [-0.1, -0.05) is 37.0 Å². The van der Waals surface area contributed by atoms with Gasteiger partial charge in [0.05, 0.1) is 11.6 Å². The lowest BCUT2D eigenvalue weighted by atomic mass is 10.2. The predicted octanol–water partition coefficient (Wildman–Crippen LogP) is 2.65. The third-order valence-electron chi connectivity index (χ3n) is 1.93. The molecule has 1 N–H and O–H groups in total. The molecule has 0 aliphatic carbocycles. The smallest absolute Gasteiger partial charge is 0.291 e. The van der Waals surface area contributed by atoms with Crippen molar-refractivity contribution in [2.24, 2.45) is 13.0 Å². The summed E-state index contributed by atoms with van der Waals surface area (Å²) in [5, 5.41) is 0.675. The van der Waals surface area contributed by atoms with Gasteiger partial charge in [-0.25, -0.2) is 5.48 Å². The van der Waals surface area contributed by atoms with Crippen LogP contribution in [0.25, 0.3) is 0 Å². The van der Waals surface area contributed by atoms with Crippen molar-refractivity contribution in [3.63, 3.8) is 0 Å². The van der Waals surface area contributed by atoms with Crippen molar-refractivity contribution in [3.05, 3.63) is 21.9 Å². The zero-order chi connectivity index (χ0) is 12.3. The fourth-order valence-corrected chi connectivity index (χ4v) is 1.46. The van der Waals surface area contributed by atoms with Crippen molar-refractivity contribution in [1.82, 2.24) is 10.0 Å². The summed E-state index contributed by atoms with van der Waals surface area (Å²) in [6.45, 7) is 4.43. The van der Waals surface area contributed by atoms with Gasteiger partial charge in [-0.05, 0) is 12.0 Å². The van der Waals surface area contributed by atoms with Gasteiger partial charge in [-0.3, -0.25) is 9.63 Å². The Balaban J connectivity index is 2.63. The highest BCUT2D eigenvalue weighted by Crippen LogP contribution is 2.24. The summed E-state index contributed by atoms with van der Waals surface area (Å²) in [4.78, 5) is 16.7. The van der Waals surface area contributed by atoms with Crippen LogP contribution in [0.3, 0.4) is 0 Å². The Morgan fingerprint density at radius 2 is 2.19 bits per heavy atom. The number of halogens is 2. The molecule has 0 saturated heterocycles. The third kappa shape index (κ3) is 3.14. The third-order valence-corrected chi connectivity index (χ3v) is 2.77. The molecule has 0 bridgehead atoms. The zero-order valence-electron chi connectivity index (χ0n) is 9.38. The van der Waals surface area contributed by atoms with Gasteiger partial charge in [0.25, 0.3) is 5.91 Å². The molecule has 1 aromatic heterocycles. The Morgan fingerprint density at radius 1 is 1.56 bits per heavy atom. The number of aromatic nitrogens is 1. The number of hydrogen-bond acceptors (Lipinski definition) is 2. The van der Waals surface area contributed by atoms with E-state index < -0.39 is 0 Å². The summed E-state index contributed by atoms with van der Waals surface area (Å²) in [6, 6.07) is 1.50. The number of hydrogen-bond donors (Lipinski definition) is 1. The second-order valence-corrected chi connectivity index (χ2v) is 4.63. The molecule has 6 heteroatoms. The molecule has 0 aromatic carbocycles. The Morgan fingerprint density at radius 3 is 2.62 bits per heavy atom. The number of hydroxylamine groups is 1. The topological polar surface area (TPSA) is 43.3 Å². The van der Waals surface area contributed by atoms with Crippen LogP contribution in [0.2, 0.25) is 10.2 Å². The lowest BCUT2D eigenvalue weighted by Crippen LogP contribution is -2.27. The van der Waals surface area contributed by atoms with Crippen molar-refractivity contribution >= 4 is 29.1 Å². The van der Waals surface area contributed by atoms with Crippen LogP contribution in [0.15, 0.2) is 6.07 Å². The fourth-order valence-electron chi connectivity index (χ4n) is 1.09. The molecular formula is C10H14Cl2N2O2. The van der Waals surface area contributed by atoms with Crippen LogP contribution in [0.4, 0.5) is 0 Å². The second kappa shape index (κ2) is 5.57. The highest BCUT2D eigenvalue weighted by molar-refractivity contribution is 6.41. The predicted molar refractivity (Wildman–Crippen MR) is 63.7 cm³/mol. The molecule has 4 nitrogen and oxygen atoms in total. The van der Waals surface area contributed by atoms with E-state index >= 15 is 0 Å². The molecule has 1 rings (SSSR count). The molecular weight excluding hydrogens is 251 g/mol. The summed E-state index contributed by atoms with van der Waals surface area (Å²) in [5.41, 5.74) is 2.69. The molecule has 0 aliphatic heterocycles. The lowest BCUT2D eigenvalue weighted by molar-refractivity contribution is 0.0202. The molecule has 0 saturated carbocycles. The first-order valence-corrected chi connectivity index (χ1v) is 5.62. The maximum atomic E-state index is 11.6. The summed E-state index contributed by atoms with van der Waals surface area (Å²) in [7, 11) is 1.66. The molecule has 0 atom stereocenters. The van der Waals surface area contributed by atoms with Gasteiger partial charge in [0.1, 0.15) is 10.8 Å². The van der Waals surface area contributed by atoms with Gasteiger partial charge in [0, 0.05) is 7.05 Å². The first kappa shape index (κ1) is 13.4. The second-order valence-electron chi connectivity index (χ2n) is 3.86. The van der Waals surface area contributed by atoms with Gasteiger partial charge in [0.2, 0.25) is 0 Å². The maximum Gasteiger partial charge on any atom is 0.291 e. The molecule has 1 amide bonds. The monoisotopic (exact) mass is 264 g/mol.